The standard InChI is InChI=1S/C28H25Cl2N3O4S/c29-21-11-6-18(7-12-21)26(34)36-24-15-10-20(17-31-33-28(38)32-23-4-2-1-3-5-23)25(16-24)37-27(35)19-8-13-22(30)14-9-19/h6-17,23H,1-5H2,(H2,32,33,38)/b31-17+. The summed E-state index contributed by atoms with van der Waals surface area (Å²) in [5.74, 6) is -0.870. The second kappa shape index (κ2) is 13.4. The molecule has 0 unspecified atom stereocenters. The molecule has 0 radical (unpaired) electrons. The maximum absolute atomic E-state index is 12.8. The van der Waals surface area contributed by atoms with Gasteiger partial charge in [0.2, 0.25) is 0 Å². The van der Waals surface area contributed by atoms with Gasteiger partial charge in [0.05, 0.1) is 17.3 Å². The van der Waals surface area contributed by atoms with Crippen molar-refractivity contribution < 1.29 is 19.1 Å². The summed E-state index contributed by atoms with van der Waals surface area (Å²) in [6.45, 7) is 0. The molecule has 1 saturated carbocycles. The van der Waals surface area contributed by atoms with Crippen molar-refractivity contribution in [3.05, 3.63) is 93.5 Å². The van der Waals surface area contributed by atoms with Crippen molar-refractivity contribution in [2.75, 3.05) is 0 Å². The molecule has 0 aliphatic heterocycles. The number of ether oxygens (including phenoxy) is 2. The summed E-state index contributed by atoms with van der Waals surface area (Å²) >= 11 is 17.2. The molecule has 0 bridgehead atoms. The molecule has 4 rings (SSSR count). The van der Waals surface area contributed by atoms with Gasteiger partial charge in [-0.15, -0.1) is 0 Å². The van der Waals surface area contributed by atoms with Gasteiger partial charge in [0.25, 0.3) is 0 Å². The average molecular weight is 570 g/mol. The second-order valence-electron chi connectivity index (χ2n) is 8.67. The van der Waals surface area contributed by atoms with Crippen LogP contribution < -0.4 is 20.2 Å². The van der Waals surface area contributed by atoms with Crippen LogP contribution in [0.3, 0.4) is 0 Å². The summed E-state index contributed by atoms with van der Waals surface area (Å²) < 4.78 is 11.1. The van der Waals surface area contributed by atoms with Crippen LogP contribution in [-0.2, 0) is 0 Å². The summed E-state index contributed by atoms with van der Waals surface area (Å²) in [6.07, 6.45) is 7.24. The minimum atomic E-state index is -0.611. The highest BCUT2D eigenvalue weighted by atomic mass is 35.5. The lowest BCUT2D eigenvalue weighted by Gasteiger charge is -2.23. The van der Waals surface area contributed by atoms with Gasteiger partial charge < -0.3 is 14.8 Å². The van der Waals surface area contributed by atoms with Crippen molar-refractivity contribution in [3.8, 4) is 11.5 Å². The zero-order valence-corrected chi connectivity index (χ0v) is 22.6. The van der Waals surface area contributed by atoms with E-state index in [2.05, 4.69) is 15.8 Å². The number of carbonyl (C=O) groups excluding carboxylic acids is 2. The van der Waals surface area contributed by atoms with E-state index < -0.39 is 11.9 Å². The zero-order valence-electron chi connectivity index (χ0n) is 20.3. The van der Waals surface area contributed by atoms with E-state index >= 15 is 0 Å². The SMILES string of the molecule is O=C(Oc1ccc(/C=N/NC(=S)NC2CCCCC2)c(OC(=O)c2ccc(Cl)cc2)c1)c1ccc(Cl)cc1. The first-order valence-corrected chi connectivity index (χ1v) is 13.2. The van der Waals surface area contributed by atoms with Crippen LogP contribution >= 0.6 is 35.4 Å². The summed E-state index contributed by atoms with van der Waals surface area (Å²) in [6, 6.07) is 17.6. The molecule has 38 heavy (non-hydrogen) atoms. The Hall–Kier alpha value is -3.46. The van der Waals surface area contributed by atoms with Gasteiger partial charge in [0.15, 0.2) is 5.11 Å². The van der Waals surface area contributed by atoms with Crippen LogP contribution in [0.5, 0.6) is 11.5 Å². The van der Waals surface area contributed by atoms with Crippen LogP contribution in [0.25, 0.3) is 0 Å². The van der Waals surface area contributed by atoms with Gasteiger partial charge in [-0.05, 0) is 85.7 Å². The number of hydrogen-bond acceptors (Lipinski definition) is 6. The zero-order chi connectivity index (χ0) is 26.9. The molecule has 1 fully saturated rings. The Balaban J connectivity index is 1.50. The Morgan fingerprint density at radius 2 is 1.42 bits per heavy atom. The van der Waals surface area contributed by atoms with E-state index in [1.807, 2.05) is 0 Å². The lowest BCUT2D eigenvalue weighted by Crippen LogP contribution is -2.40. The molecular formula is C28H25Cl2N3O4S. The Labute approximate surface area is 236 Å². The van der Waals surface area contributed by atoms with Gasteiger partial charge in [-0.1, -0.05) is 42.5 Å². The summed E-state index contributed by atoms with van der Waals surface area (Å²) in [7, 11) is 0. The fourth-order valence-corrected chi connectivity index (χ4v) is 4.37. The first kappa shape index (κ1) is 27.6. The van der Waals surface area contributed by atoms with Gasteiger partial charge in [-0.2, -0.15) is 5.10 Å². The molecule has 0 spiro atoms. The van der Waals surface area contributed by atoms with Crippen molar-refractivity contribution >= 4 is 58.7 Å². The number of nitrogens with zero attached hydrogens (tertiary/aromatic N) is 1. The lowest BCUT2D eigenvalue weighted by molar-refractivity contribution is 0.0732. The predicted molar refractivity (Wildman–Crippen MR) is 153 cm³/mol. The normalized spacial score (nSPS) is 13.6. The molecule has 2 N–H and O–H groups in total. The van der Waals surface area contributed by atoms with Crippen molar-refractivity contribution in [2.45, 2.75) is 38.1 Å². The van der Waals surface area contributed by atoms with Crippen LogP contribution in [0.1, 0.15) is 58.4 Å². The van der Waals surface area contributed by atoms with E-state index in [1.54, 1.807) is 60.7 Å². The van der Waals surface area contributed by atoms with E-state index in [0.29, 0.717) is 37.9 Å². The molecule has 0 aromatic heterocycles. The smallest absolute Gasteiger partial charge is 0.343 e. The molecule has 0 heterocycles. The molecule has 0 saturated heterocycles. The second-order valence-corrected chi connectivity index (χ2v) is 9.95. The third kappa shape index (κ3) is 8.02. The van der Waals surface area contributed by atoms with E-state index in [1.165, 1.54) is 31.5 Å². The van der Waals surface area contributed by atoms with Crippen molar-refractivity contribution in [3.63, 3.8) is 0 Å². The number of carbonyl (C=O) groups is 2. The number of benzene rings is 3. The van der Waals surface area contributed by atoms with Crippen molar-refractivity contribution in [2.24, 2.45) is 5.10 Å². The fraction of sp³-hybridized carbons (Fsp3) is 0.214. The highest BCUT2D eigenvalue weighted by Crippen LogP contribution is 2.26. The number of halogens is 2. The largest absolute Gasteiger partial charge is 0.423 e. The molecule has 196 valence electrons. The average Bonchev–Trinajstić information content (AvgIpc) is 2.91. The molecule has 0 atom stereocenters. The molecule has 3 aromatic rings. The monoisotopic (exact) mass is 569 g/mol. The van der Waals surface area contributed by atoms with E-state index in [4.69, 9.17) is 44.9 Å². The molecule has 1 aliphatic carbocycles. The minimum Gasteiger partial charge on any atom is -0.423 e. The van der Waals surface area contributed by atoms with Crippen LogP contribution in [0.4, 0.5) is 0 Å². The van der Waals surface area contributed by atoms with Gasteiger partial charge >= 0.3 is 11.9 Å². The molecule has 1 aliphatic rings. The Morgan fingerprint density at radius 1 is 0.842 bits per heavy atom. The van der Waals surface area contributed by atoms with Gasteiger partial charge in [-0.25, -0.2) is 9.59 Å². The predicted octanol–water partition coefficient (Wildman–Crippen LogP) is 6.56. The number of hydrazone groups is 1. The number of esters is 2. The molecule has 3 aromatic carbocycles. The quantitative estimate of drug-likeness (QED) is 0.109. The maximum Gasteiger partial charge on any atom is 0.343 e. The van der Waals surface area contributed by atoms with Gasteiger partial charge in [-0.3, -0.25) is 5.43 Å². The lowest BCUT2D eigenvalue weighted by atomic mass is 9.96. The Bertz CT molecular complexity index is 1320. The summed E-state index contributed by atoms with van der Waals surface area (Å²) in [5, 5.41) is 8.89. The highest BCUT2D eigenvalue weighted by molar-refractivity contribution is 7.80. The van der Waals surface area contributed by atoms with Crippen molar-refractivity contribution in [1.29, 1.82) is 0 Å². The van der Waals surface area contributed by atoms with E-state index in [-0.39, 0.29) is 11.5 Å². The van der Waals surface area contributed by atoms with Gasteiger partial charge in [0.1, 0.15) is 11.5 Å². The van der Waals surface area contributed by atoms with Crippen LogP contribution in [-0.4, -0.2) is 29.3 Å². The highest BCUT2D eigenvalue weighted by Gasteiger charge is 2.16. The van der Waals surface area contributed by atoms with Gasteiger partial charge in [0, 0.05) is 27.7 Å². The number of thiocarbonyl (C=S) groups is 1. The van der Waals surface area contributed by atoms with Crippen molar-refractivity contribution in [1.82, 2.24) is 10.7 Å². The third-order valence-corrected chi connectivity index (χ3v) is 6.58. The minimum absolute atomic E-state index is 0.142. The Kier molecular flexibility index (Phi) is 9.70. The summed E-state index contributed by atoms with van der Waals surface area (Å²) in [4.78, 5) is 25.4. The van der Waals surface area contributed by atoms with Crippen LogP contribution in [0.15, 0.2) is 71.8 Å². The first-order valence-electron chi connectivity index (χ1n) is 12.1. The van der Waals surface area contributed by atoms with E-state index in [9.17, 15) is 9.59 Å². The van der Waals surface area contributed by atoms with Crippen LogP contribution in [0, 0.1) is 0 Å². The number of hydrogen-bond donors (Lipinski definition) is 2. The fourth-order valence-electron chi connectivity index (χ4n) is 3.89. The van der Waals surface area contributed by atoms with E-state index in [0.717, 1.165) is 12.8 Å². The molecular weight excluding hydrogens is 545 g/mol. The molecule has 0 amide bonds. The Morgan fingerprint density at radius 3 is 2.03 bits per heavy atom. The number of nitrogens with one attached hydrogen (secondary N) is 2. The molecule has 10 heteroatoms. The number of rotatable bonds is 7. The topological polar surface area (TPSA) is 89.0 Å². The molecule has 7 nitrogen and oxygen atoms in total. The maximum atomic E-state index is 12.8. The first-order chi connectivity index (χ1) is 18.4. The van der Waals surface area contributed by atoms with Crippen LogP contribution in [0.2, 0.25) is 10.0 Å². The third-order valence-electron chi connectivity index (χ3n) is 5.87. The summed E-state index contributed by atoms with van der Waals surface area (Å²) in [5.41, 5.74) is 3.90.